The molecule has 0 aliphatic heterocycles. The molecule has 2 atom stereocenters. The highest BCUT2D eigenvalue weighted by molar-refractivity contribution is 9.09. The minimum atomic E-state index is -0.929. The molecule has 5 heteroatoms. The van der Waals surface area contributed by atoms with Gasteiger partial charge in [0.1, 0.15) is 0 Å². The molecule has 2 rings (SSSR count). The molecule has 1 aromatic rings. The Morgan fingerprint density at radius 3 is 2.80 bits per heavy atom. The molecule has 1 amide bonds. The van der Waals surface area contributed by atoms with Gasteiger partial charge in [0.25, 0.3) is 0 Å². The first kappa shape index (κ1) is 15.4. The molecule has 0 aromatic heterocycles. The smallest absolute Gasteiger partial charge is 0.224 e. The van der Waals surface area contributed by atoms with E-state index in [1.807, 2.05) is 0 Å². The van der Waals surface area contributed by atoms with E-state index in [4.69, 9.17) is 0 Å². The van der Waals surface area contributed by atoms with Crippen molar-refractivity contribution in [1.82, 2.24) is 5.32 Å². The number of carbonyl (C=O) groups is 1. The molecular weight excluding hydrogens is 328 g/mol. The second-order valence-electron chi connectivity index (χ2n) is 5.30. The van der Waals surface area contributed by atoms with E-state index in [0.29, 0.717) is 18.4 Å². The summed E-state index contributed by atoms with van der Waals surface area (Å²) in [6, 6.07) is 3.91. The summed E-state index contributed by atoms with van der Waals surface area (Å²) < 4.78 is 26.5. The lowest BCUT2D eigenvalue weighted by Gasteiger charge is -2.17. The van der Waals surface area contributed by atoms with Gasteiger partial charge in [0.2, 0.25) is 5.91 Å². The number of halogens is 3. The van der Waals surface area contributed by atoms with Crippen molar-refractivity contribution in [3.63, 3.8) is 0 Å². The van der Waals surface area contributed by atoms with Crippen molar-refractivity contribution in [3.8, 4) is 0 Å². The van der Waals surface area contributed by atoms with Crippen molar-refractivity contribution in [3.05, 3.63) is 35.4 Å². The molecule has 0 heterocycles. The molecule has 0 spiro atoms. The molecular formula is C15H18BrF2NO. The van der Waals surface area contributed by atoms with E-state index in [0.717, 1.165) is 17.8 Å². The number of rotatable bonds is 5. The SMILES string of the molecule is O=C(Cc1cccc(F)c1F)NCC1CCCC1CBr. The third kappa shape index (κ3) is 3.78. The van der Waals surface area contributed by atoms with Crippen molar-refractivity contribution in [2.24, 2.45) is 11.8 Å². The van der Waals surface area contributed by atoms with Gasteiger partial charge in [0.15, 0.2) is 11.6 Å². The van der Waals surface area contributed by atoms with Gasteiger partial charge in [-0.05, 0) is 30.7 Å². The lowest BCUT2D eigenvalue weighted by molar-refractivity contribution is -0.120. The maximum atomic E-state index is 13.5. The van der Waals surface area contributed by atoms with Crippen molar-refractivity contribution >= 4 is 21.8 Å². The molecule has 0 saturated heterocycles. The van der Waals surface area contributed by atoms with Gasteiger partial charge in [-0.2, -0.15) is 0 Å². The van der Waals surface area contributed by atoms with Crippen LogP contribution in [0.5, 0.6) is 0 Å². The van der Waals surface area contributed by atoms with E-state index >= 15 is 0 Å². The Balaban J connectivity index is 1.85. The monoisotopic (exact) mass is 345 g/mol. The Bertz CT molecular complexity index is 481. The van der Waals surface area contributed by atoms with Gasteiger partial charge in [0, 0.05) is 17.4 Å². The van der Waals surface area contributed by atoms with Crippen LogP contribution in [0.15, 0.2) is 18.2 Å². The number of alkyl halides is 1. The highest BCUT2D eigenvalue weighted by atomic mass is 79.9. The minimum Gasteiger partial charge on any atom is -0.356 e. The van der Waals surface area contributed by atoms with Crippen LogP contribution in [0.1, 0.15) is 24.8 Å². The lowest BCUT2D eigenvalue weighted by Crippen LogP contribution is -2.32. The van der Waals surface area contributed by atoms with Gasteiger partial charge < -0.3 is 5.32 Å². The topological polar surface area (TPSA) is 29.1 Å². The first-order chi connectivity index (χ1) is 9.61. The summed E-state index contributed by atoms with van der Waals surface area (Å²) in [7, 11) is 0. The number of nitrogens with one attached hydrogen (secondary N) is 1. The van der Waals surface area contributed by atoms with Crippen molar-refractivity contribution in [2.75, 3.05) is 11.9 Å². The first-order valence-electron chi connectivity index (χ1n) is 6.87. The van der Waals surface area contributed by atoms with E-state index in [1.165, 1.54) is 25.0 Å². The van der Waals surface area contributed by atoms with Crippen molar-refractivity contribution < 1.29 is 13.6 Å². The van der Waals surface area contributed by atoms with E-state index in [9.17, 15) is 13.6 Å². The normalized spacial score (nSPS) is 21.9. The molecule has 0 bridgehead atoms. The predicted molar refractivity (Wildman–Crippen MR) is 77.7 cm³/mol. The van der Waals surface area contributed by atoms with Crippen LogP contribution >= 0.6 is 15.9 Å². The molecule has 110 valence electrons. The average molecular weight is 346 g/mol. The van der Waals surface area contributed by atoms with E-state index < -0.39 is 11.6 Å². The van der Waals surface area contributed by atoms with Crippen LogP contribution in [-0.4, -0.2) is 17.8 Å². The van der Waals surface area contributed by atoms with Crippen LogP contribution in [0.2, 0.25) is 0 Å². The highest BCUT2D eigenvalue weighted by Gasteiger charge is 2.26. The Kier molecular flexibility index (Phi) is 5.52. The molecule has 20 heavy (non-hydrogen) atoms. The van der Waals surface area contributed by atoms with Crippen LogP contribution in [0, 0.1) is 23.5 Å². The van der Waals surface area contributed by atoms with E-state index in [2.05, 4.69) is 21.2 Å². The van der Waals surface area contributed by atoms with E-state index in [1.54, 1.807) is 0 Å². The molecule has 1 fully saturated rings. The zero-order chi connectivity index (χ0) is 14.5. The Morgan fingerprint density at radius 2 is 2.05 bits per heavy atom. The summed E-state index contributed by atoms with van der Waals surface area (Å²) in [5.41, 5.74) is 0.103. The third-order valence-electron chi connectivity index (χ3n) is 3.96. The maximum Gasteiger partial charge on any atom is 0.224 e. The van der Waals surface area contributed by atoms with Gasteiger partial charge in [0.05, 0.1) is 6.42 Å². The quantitative estimate of drug-likeness (QED) is 0.814. The molecule has 1 aliphatic rings. The summed E-state index contributed by atoms with van der Waals surface area (Å²) in [5, 5.41) is 3.79. The fourth-order valence-corrected chi connectivity index (χ4v) is 3.60. The van der Waals surface area contributed by atoms with Gasteiger partial charge in [-0.1, -0.05) is 34.5 Å². The largest absolute Gasteiger partial charge is 0.356 e. The van der Waals surface area contributed by atoms with Gasteiger partial charge >= 0.3 is 0 Å². The maximum absolute atomic E-state index is 13.5. The van der Waals surface area contributed by atoms with Gasteiger partial charge in [-0.3, -0.25) is 4.79 Å². The molecule has 0 radical (unpaired) electrons. The molecule has 1 saturated carbocycles. The first-order valence-corrected chi connectivity index (χ1v) is 7.99. The summed E-state index contributed by atoms with van der Waals surface area (Å²) in [6.45, 7) is 0.617. The molecule has 1 N–H and O–H groups in total. The highest BCUT2D eigenvalue weighted by Crippen LogP contribution is 2.32. The van der Waals surface area contributed by atoms with Crippen LogP contribution < -0.4 is 5.32 Å². The Labute approximate surface area is 126 Å². The number of hydrogen-bond donors (Lipinski definition) is 1. The zero-order valence-electron chi connectivity index (χ0n) is 11.2. The number of amides is 1. The van der Waals surface area contributed by atoms with Crippen LogP contribution in [0.3, 0.4) is 0 Å². The van der Waals surface area contributed by atoms with Crippen molar-refractivity contribution in [2.45, 2.75) is 25.7 Å². The molecule has 2 unspecified atom stereocenters. The van der Waals surface area contributed by atoms with Gasteiger partial charge in [-0.15, -0.1) is 0 Å². The van der Waals surface area contributed by atoms with Crippen LogP contribution in [0.4, 0.5) is 8.78 Å². The van der Waals surface area contributed by atoms with Gasteiger partial charge in [-0.25, -0.2) is 8.78 Å². The van der Waals surface area contributed by atoms with Crippen LogP contribution in [-0.2, 0) is 11.2 Å². The fourth-order valence-electron chi connectivity index (χ4n) is 2.75. The molecule has 1 aromatic carbocycles. The standard InChI is InChI=1S/C15H18BrF2NO/c16-8-11-4-1-5-12(11)9-19-14(20)7-10-3-2-6-13(17)15(10)18/h2-3,6,11-12H,1,4-5,7-9H2,(H,19,20). The lowest BCUT2D eigenvalue weighted by atomic mass is 9.98. The average Bonchev–Trinajstić information content (AvgIpc) is 2.89. The Hall–Kier alpha value is -0.970. The number of benzene rings is 1. The number of carbonyl (C=O) groups excluding carboxylic acids is 1. The summed E-state index contributed by atoms with van der Waals surface area (Å²) in [6.07, 6.45) is 3.37. The minimum absolute atomic E-state index is 0.103. The van der Waals surface area contributed by atoms with E-state index in [-0.39, 0.29) is 17.9 Å². The van der Waals surface area contributed by atoms with Crippen LogP contribution in [0.25, 0.3) is 0 Å². The predicted octanol–water partition coefficient (Wildman–Crippen LogP) is 3.43. The zero-order valence-corrected chi connectivity index (χ0v) is 12.8. The fraction of sp³-hybridized carbons (Fsp3) is 0.533. The second kappa shape index (κ2) is 7.16. The number of hydrogen-bond acceptors (Lipinski definition) is 1. The molecule has 2 nitrogen and oxygen atoms in total. The molecule has 1 aliphatic carbocycles. The third-order valence-corrected chi connectivity index (χ3v) is 4.79. The Morgan fingerprint density at radius 1 is 1.30 bits per heavy atom. The summed E-state index contributed by atoms with van der Waals surface area (Å²) in [5.74, 6) is -1.01. The van der Waals surface area contributed by atoms with Crippen molar-refractivity contribution in [1.29, 1.82) is 0 Å². The second-order valence-corrected chi connectivity index (χ2v) is 5.95. The summed E-state index contributed by atoms with van der Waals surface area (Å²) in [4.78, 5) is 11.8. The summed E-state index contributed by atoms with van der Waals surface area (Å²) >= 11 is 3.49.